The Labute approximate surface area is 147 Å². The van der Waals surface area contributed by atoms with Gasteiger partial charge in [0.25, 0.3) is 0 Å². The minimum Gasteiger partial charge on any atom is -0.507 e. The number of rotatable bonds is 5. The lowest BCUT2D eigenvalue weighted by Crippen LogP contribution is -2.37. The fraction of sp³-hybridized carbons (Fsp3) is 0.412. The second-order valence-corrected chi connectivity index (χ2v) is 6.49. The van der Waals surface area contributed by atoms with Crippen LogP contribution in [0.5, 0.6) is 5.75 Å². The second kappa shape index (κ2) is 7.06. The van der Waals surface area contributed by atoms with E-state index in [1.54, 1.807) is 0 Å². The normalized spacial score (nSPS) is 13.5. The molecule has 0 aliphatic heterocycles. The maximum Gasteiger partial charge on any atom is 0.416 e. The molecule has 1 aromatic carbocycles. The van der Waals surface area contributed by atoms with E-state index in [0.717, 1.165) is 6.07 Å². The first-order valence-corrected chi connectivity index (χ1v) is 7.75. The number of alkyl halides is 4. The highest BCUT2D eigenvalue weighted by molar-refractivity contribution is 5.71. The van der Waals surface area contributed by atoms with E-state index in [1.165, 1.54) is 32.9 Å². The third-order valence-electron chi connectivity index (χ3n) is 3.79. The van der Waals surface area contributed by atoms with E-state index in [4.69, 9.17) is 0 Å². The Bertz CT molecular complexity index is 748. The van der Waals surface area contributed by atoms with Gasteiger partial charge in [-0.3, -0.25) is 0 Å². The van der Waals surface area contributed by atoms with Crippen molar-refractivity contribution in [2.24, 2.45) is 0 Å². The molecule has 0 radical (unpaired) electrons. The van der Waals surface area contributed by atoms with Crippen LogP contribution in [-0.2, 0) is 6.18 Å². The Balaban J connectivity index is 2.21. The van der Waals surface area contributed by atoms with Crippen LogP contribution in [0, 0.1) is 6.92 Å². The Morgan fingerprint density at radius 1 is 1.15 bits per heavy atom. The van der Waals surface area contributed by atoms with E-state index in [-0.39, 0.29) is 29.2 Å². The number of aromatic hydroxyl groups is 1. The van der Waals surface area contributed by atoms with Gasteiger partial charge in [0.15, 0.2) is 0 Å². The van der Waals surface area contributed by atoms with Crippen LogP contribution >= 0.6 is 0 Å². The molecule has 2 aromatic rings. The maximum absolute atomic E-state index is 13.7. The Morgan fingerprint density at radius 3 is 2.27 bits per heavy atom. The van der Waals surface area contributed by atoms with E-state index in [0.29, 0.717) is 6.07 Å². The van der Waals surface area contributed by atoms with Crippen LogP contribution in [-0.4, -0.2) is 38.7 Å². The lowest BCUT2D eigenvalue weighted by atomic mass is 10.0. The summed E-state index contributed by atoms with van der Waals surface area (Å²) in [6, 6.07) is 4.45. The maximum atomic E-state index is 13.7. The highest BCUT2D eigenvalue weighted by Gasteiger charge is 2.32. The van der Waals surface area contributed by atoms with Gasteiger partial charge in [-0.2, -0.15) is 13.2 Å². The first-order chi connectivity index (χ1) is 11.9. The van der Waals surface area contributed by atoms with Crippen molar-refractivity contribution in [1.82, 2.24) is 10.2 Å². The van der Waals surface area contributed by atoms with E-state index < -0.39 is 29.3 Å². The first kappa shape index (κ1) is 19.9. The van der Waals surface area contributed by atoms with Gasteiger partial charge in [0, 0.05) is 5.56 Å². The number of anilines is 1. The molecular formula is C17H19F4N3O2. The topological polar surface area (TPSA) is 78.3 Å². The van der Waals surface area contributed by atoms with Crippen molar-refractivity contribution in [3.63, 3.8) is 0 Å². The third-order valence-corrected chi connectivity index (χ3v) is 3.79. The minimum absolute atomic E-state index is 0.136. The number of phenolic OH excluding ortho intramolecular Hbond substituents is 1. The molecule has 1 unspecified atom stereocenters. The molecule has 1 aromatic heterocycles. The molecule has 0 bridgehead atoms. The van der Waals surface area contributed by atoms with Crippen LogP contribution in [0.4, 0.5) is 23.4 Å². The number of aromatic nitrogens is 2. The molecule has 26 heavy (non-hydrogen) atoms. The Hall–Kier alpha value is -2.42. The van der Waals surface area contributed by atoms with Crippen molar-refractivity contribution in [2.75, 3.05) is 11.9 Å². The largest absolute Gasteiger partial charge is 0.507 e. The van der Waals surface area contributed by atoms with Gasteiger partial charge in [0.05, 0.1) is 23.4 Å². The monoisotopic (exact) mass is 373 g/mol. The molecular weight excluding hydrogens is 354 g/mol. The van der Waals surface area contributed by atoms with Gasteiger partial charge >= 0.3 is 6.18 Å². The number of aliphatic hydroxyl groups is 1. The number of hydrogen-bond donors (Lipinski definition) is 3. The van der Waals surface area contributed by atoms with Gasteiger partial charge in [0.1, 0.15) is 17.7 Å². The standard InChI is InChI=1S/C17H19F4N3O2/c1-9-6-10(17(19,20)21)7-12(25)15(9)11-4-5-14(24-23-11)22-8-13(18)16(2,3)26/h4-7,13,25-26H,8H2,1-3H3,(H,22,24). The predicted octanol–water partition coefficient (Wildman–Crippen LogP) is 3.70. The molecule has 0 aliphatic carbocycles. The van der Waals surface area contributed by atoms with E-state index in [1.807, 2.05) is 0 Å². The first-order valence-electron chi connectivity index (χ1n) is 7.75. The van der Waals surface area contributed by atoms with Crippen molar-refractivity contribution in [1.29, 1.82) is 0 Å². The summed E-state index contributed by atoms with van der Waals surface area (Å²) in [4.78, 5) is 0. The third kappa shape index (κ3) is 4.60. The lowest BCUT2D eigenvalue weighted by Gasteiger charge is -2.22. The minimum atomic E-state index is -4.57. The lowest BCUT2D eigenvalue weighted by molar-refractivity contribution is -0.137. The zero-order chi connectivity index (χ0) is 19.7. The van der Waals surface area contributed by atoms with Crippen molar-refractivity contribution in [2.45, 2.75) is 38.7 Å². The molecule has 0 spiro atoms. The summed E-state index contributed by atoms with van der Waals surface area (Å²) in [5.74, 6) is -0.331. The van der Waals surface area contributed by atoms with E-state index in [2.05, 4.69) is 15.5 Å². The molecule has 0 saturated heterocycles. The van der Waals surface area contributed by atoms with Gasteiger partial charge in [0.2, 0.25) is 0 Å². The molecule has 0 amide bonds. The summed E-state index contributed by atoms with van der Waals surface area (Å²) in [5, 5.41) is 29.9. The van der Waals surface area contributed by atoms with Gasteiger partial charge in [-0.15, -0.1) is 10.2 Å². The number of aryl methyl sites for hydroxylation is 1. The smallest absolute Gasteiger partial charge is 0.416 e. The molecule has 2 rings (SSSR count). The Kier molecular flexibility index (Phi) is 5.41. The number of nitrogens with zero attached hydrogens (tertiary/aromatic N) is 2. The Morgan fingerprint density at radius 2 is 1.81 bits per heavy atom. The molecule has 9 heteroatoms. The van der Waals surface area contributed by atoms with Gasteiger partial charge < -0.3 is 15.5 Å². The molecule has 0 aliphatic rings. The predicted molar refractivity (Wildman–Crippen MR) is 88.6 cm³/mol. The van der Waals surface area contributed by atoms with Crippen molar-refractivity contribution >= 4 is 5.82 Å². The molecule has 0 fully saturated rings. The fourth-order valence-electron chi connectivity index (χ4n) is 2.27. The molecule has 0 saturated carbocycles. The summed E-state index contributed by atoms with van der Waals surface area (Å²) in [7, 11) is 0. The zero-order valence-corrected chi connectivity index (χ0v) is 14.4. The molecule has 1 atom stereocenters. The van der Waals surface area contributed by atoms with Crippen LogP contribution in [0.15, 0.2) is 24.3 Å². The molecule has 3 N–H and O–H groups in total. The van der Waals surface area contributed by atoms with Crippen LogP contribution in [0.2, 0.25) is 0 Å². The number of halogens is 4. The number of phenols is 1. The van der Waals surface area contributed by atoms with Gasteiger partial charge in [-0.25, -0.2) is 4.39 Å². The van der Waals surface area contributed by atoms with Crippen molar-refractivity contribution in [3.05, 3.63) is 35.4 Å². The average Bonchev–Trinajstić information content (AvgIpc) is 2.51. The van der Waals surface area contributed by atoms with E-state index >= 15 is 0 Å². The molecule has 1 heterocycles. The molecule has 142 valence electrons. The summed E-state index contributed by atoms with van der Waals surface area (Å²) < 4.78 is 52.0. The summed E-state index contributed by atoms with van der Waals surface area (Å²) in [5.41, 5.74) is -1.96. The number of hydrogen-bond acceptors (Lipinski definition) is 5. The van der Waals surface area contributed by atoms with Gasteiger partial charge in [-0.1, -0.05) is 0 Å². The quantitative estimate of drug-likeness (QED) is 0.697. The number of nitrogens with one attached hydrogen (secondary N) is 1. The van der Waals surface area contributed by atoms with Crippen LogP contribution in [0.3, 0.4) is 0 Å². The summed E-state index contributed by atoms with van der Waals surface area (Å²) in [6.45, 7) is 3.91. The summed E-state index contributed by atoms with van der Waals surface area (Å²) in [6.07, 6.45) is -6.10. The number of benzene rings is 1. The highest BCUT2D eigenvalue weighted by atomic mass is 19.4. The van der Waals surface area contributed by atoms with Crippen molar-refractivity contribution < 1.29 is 27.8 Å². The van der Waals surface area contributed by atoms with Crippen LogP contribution in [0.1, 0.15) is 25.0 Å². The second-order valence-electron chi connectivity index (χ2n) is 6.49. The van der Waals surface area contributed by atoms with E-state index in [9.17, 15) is 27.8 Å². The van der Waals surface area contributed by atoms with Crippen LogP contribution < -0.4 is 5.32 Å². The SMILES string of the molecule is Cc1cc(C(F)(F)F)cc(O)c1-c1ccc(NCC(F)C(C)(C)O)nn1. The zero-order valence-electron chi connectivity index (χ0n) is 14.4. The fourth-order valence-corrected chi connectivity index (χ4v) is 2.27. The highest BCUT2D eigenvalue weighted by Crippen LogP contribution is 2.38. The van der Waals surface area contributed by atoms with Crippen LogP contribution in [0.25, 0.3) is 11.3 Å². The van der Waals surface area contributed by atoms with Gasteiger partial charge in [-0.05, 0) is 50.6 Å². The van der Waals surface area contributed by atoms with Crippen molar-refractivity contribution in [3.8, 4) is 17.0 Å². The summed E-state index contributed by atoms with van der Waals surface area (Å²) >= 11 is 0. The molecule has 5 nitrogen and oxygen atoms in total. The average molecular weight is 373 g/mol.